The number of carbonyl (C=O) groups excluding carboxylic acids is 1. The summed E-state index contributed by atoms with van der Waals surface area (Å²) in [6.45, 7) is 5.41. The molecule has 0 aromatic carbocycles. The average Bonchev–Trinajstić information content (AvgIpc) is 2.74. The molecule has 8 heteroatoms. The molecule has 2 heterocycles. The molecule has 1 aromatic rings. The Balaban J connectivity index is 1.93. The van der Waals surface area contributed by atoms with Gasteiger partial charge in [-0.1, -0.05) is 13.8 Å². The van der Waals surface area contributed by atoms with Crippen LogP contribution in [-0.2, 0) is 11.3 Å². The van der Waals surface area contributed by atoms with E-state index < -0.39 is 5.97 Å². The van der Waals surface area contributed by atoms with Crippen molar-refractivity contribution in [3.63, 3.8) is 0 Å². The van der Waals surface area contributed by atoms with Crippen LogP contribution in [0.2, 0.25) is 0 Å². The van der Waals surface area contributed by atoms with Crippen molar-refractivity contribution in [1.82, 2.24) is 14.7 Å². The summed E-state index contributed by atoms with van der Waals surface area (Å²) in [5.41, 5.74) is 0.509. The number of hydrogen-bond donors (Lipinski definition) is 2. The van der Waals surface area contributed by atoms with Gasteiger partial charge in [0, 0.05) is 29.8 Å². The number of anilines is 1. The molecule has 110 valence electrons. The van der Waals surface area contributed by atoms with Crippen LogP contribution in [0.1, 0.15) is 13.8 Å². The first-order valence-electron chi connectivity index (χ1n) is 6.39. The summed E-state index contributed by atoms with van der Waals surface area (Å²) in [7, 11) is 0. The van der Waals surface area contributed by atoms with Crippen molar-refractivity contribution in [3.8, 4) is 0 Å². The second-order valence-electron chi connectivity index (χ2n) is 4.91. The lowest BCUT2D eigenvalue weighted by Gasteiger charge is -2.34. The Morgan fingerprint density at radius 3 is 2.70 bits per heavy atom. The molecule has 1 fully saturated rings. The minimum absolute atomic E-state index is 0.168. The van der Waals surface area contributed by atoms with E-state index in [1.807, 2.05) is 11.8 Å². The van der Waals surface area contributed by atoms with Gasteiger partial charge < -0.3 is 15.3 Å². The van der Waals surface area contributed by atoms with Gasteiger partial charge >= 0.3 is 12.0 Å². The van der Waals surface area contributed by atoms with E-state index in [1.165, 1.54) is 17.1 Å². The largest absolute Gasteiger partial charge is 0.480 e. The van der Waals surface area contributed by atoms with E-state index in [0.29, 0.717) is 29.3 Å². The number of urea groups is 1. The number of carboxylic acids is 1. The van der Waals surface area contributed by atoms with Crippen LogP contribution in [0.3, 0.4) is 0 Å². The van der Waals surface area contributed by atoms with Crippen molar-refractivity contribution in [3.05, 3.63) is 12.4 Å². The summed E-state index contributed by atoms with van der Waals surface area (Å²) in [6.07, 6.45) is 2.96. The van der Waals surface area contributed by atoms with Crippen LogP contribution in [0.4, 0.5) is 10.5 Å². The van der Waals surface area contributed by atoms with Crippen LogP contribution in [-0.4, -0.2) is 55.4 Å². The first-order chi connectivity index (χ1) is 9.44. The number of thioether (sulfide) groups is 1. The van der Waals surface area contributed by atoms with E-state index in [9.17, 15) is 9.59 Å². The number of amides is 2. The van der Waals surface area contributed by atoms with Crippen LogP contribution in [0.5, 0.6) is 0 Å². The number of hydrogen-bond acceptors (Lipinski definition) is 4. The van der Waals surface area contributed by atoms with Gasteiger partial charge in [-0.05, 0) is 0 Å². The fourth-order valence-electron chi connectivity index (χ4n) is 2.20. The van der Waals surface area contributed by atoms with Gasteiger partial charge in [0.2, 0.25) is 0 Å². The number of aliphatic carboxylic acids is 1. The zero-order valence-corrected chi connectivity index (χ0v) is 12.3. The summed E-state index contributed by atoms with van der Waals surface area (Å²) in [4.78, 5) is 24.5. The number of rotatable bonds is 3. The molecule has 2 N–H and O–H groups in total. The lowest BCUT2D eigenvalue weighted by molar-refractivity contribution is -0.137. The van der Waals surface area contributed by atoms with Crippen LogP contribution in [0, 0.1) is 0 Å². The lowest BCUT2D eigenvalue weighted by Crippen LogP contribution is -2.45. The van der Waals surface area contributed by atoms with E-state index in [-0.39, 0.29) is 12.6 Å². The molecule has 20 heavy (non-hydrogen) atoms. The van der Waals surface area contributed by atoms with Crippen molar-refractivity contribution in [2.75, 3.05) is 18.4 Å². The molecule has 0 bridgehead atoms. The third kappa shape index (κ3) is 3.89. The van der Waals surface area contributed by atoms with Gasteiger partial charge in [0.1, 0.15) is 6.54 Å². The highest BCUT2D eigenvalue weighted by atomic mass is 32.2. The maximum Gasteiger partial charge on any atom is 0.325 e. The molecule has 0 aliphatic carbocycles. The molecule has 1 aliphatic rings. The Kier molecular flexibility index (Phi) is 4.53. The third-order valence-electron chi connectivity index (χ3n) is 2.89. The molecule has 2 rings (SSSR count). The summed E-state index contributed by atoms with van der Waals surface area (Å²) >= 11 is 1.88. The molecule has 2 unspecified atom stereocenters. The van der Waals surface area contributed by atoms with Crippen molar-refractivity contribution in [2.24, 2.45) is 0 Å². The Morgan fingerprint density at radius 1 is 1.45 bits per heavy atom. The molecule has 7 nitrogen and oxygen atoms in total. The Bertz CT molecular complexity index is 495. The smallest absolute Gasteiger partial charge is 0.325 e. The Morgan fingerprint density at radius 2 is 2.10 bits per heavy atom. The minimum Gasteiger partial charge on any atom is -0.480 e. The van der Waals surface area contributed by atoms with Crippen LogP contribution in [0.25, 0.3) is 0 Å². The second-order valence-corrected chi connectivity index (χ2v) is 6.79. The summed E-state index contributed by atoms with van der Waals surface area (Å²) in [5.74, 6) is -0.971. The number of nitrogens with one attached hydrogen (secondary N) is 1. The lowest BCUT2D eigenvalue weighted by atomic mass is 10.3. The summed E-state index contributed by atoms with van der Waals surface area (Å²) in [6, 6.07) is -0.168. The van der Waals surface area contributed by atoms with Gasteiger partial charge in [-0.25, -0.2) is 4.79 Å². The predicted octanol–water partition coefficient (Wildman–Crippen LogP) is 1.33. The monoisotopic (exact) mass is 298 g/mol. The van der Waals surface area contributed by atoms with Crippen LogP contribution in [0.15, 0.2) is 12.4 Å². The Labute approximate surface area is 121 Å². The normalized spacial score (nSPS) is 22.6. The summed E-state index contributed by atoms with van der Waals surface area (Å²) in [5, 5.41) is 16.1. The van der Waals surface area contributed by atoms with E-state index in [0.717, 1.165) is 0 Å². The summed E-state index contributed by atoms with van der Waals surface area (Å²) < 4.78 is 1.27. The molecular formula is C12H18N4O3S. The number of aromatic nitrogens is 2. The SMILES string of the molecule is CC1CN(C(=O)Nc2cnn(CC(=O)O)c2)CC(C)S1. The van der Waals surface area contributed by atoms with E-state index in [4.69, 9.17) is 5.11 Å². The number of carboxylic acid groups (broad SMARTS) is 1. The van der Waals surface area contributed by atoms with Crippen molar-refractivity contribution in [2.45, 2.75) is 30.9 Å². The van der Waals surface area contributed by atoms with Crippen molar-refractivity contribution >= 4 is 29.4 Å². The highest BCUT2D eigenvalue weighted by Crippen LogP contribution is 2.25. The van der Waals surface area contributed by atoms with E-state index >= 15 is 0 Å². The highest BCUT2D eigenvalue weighted by Gasteiger charge is 2.26. The molecule has 2 atom stereocenters. The van der Waals surface area contributed by atoms with Gasteiger partial charge in [-0.3, -0.25) is 9.48 Å². The fourth-order valence-corrected chi connectivity index (χ4v) is 3.52. The first-order valence-corrected chi connectivity index (χ1v) is 7.34. The van der Waals surface area contributed by atoms with Crippen molar-refractivity contribution in [1.29, 1.82) is 0 Å². The zero-order valence-electron chi connectivity index (χ0n) is 11.4. The molecule has 1 saturated heterocycles. The highest BCUT2D eigenvalue weighted by molar-refractivity contribution is 8.00. The molecule has 1 aliphatic heterocycles. The number of nitrogens with zero attached hydrogens (tertiary/aromatic N) is 3. The molecule has 0 spiro atoms. The standard InChI is InChI=1S/C12H18N4O3S/c1-8-4-15(5-9(2)20-8)12(19)14-10-3-13-16(6-10)7-11(17)18/h3,6,8-9H,4-5,7H2,1-2H3,(H,14,19)(H,17,18). The van der Waals surface area contributed by atoms with Gasteiger partial charge in [-0.15, -0.1) is 0 Å². The number of carbonyl (C=O) groups is 2. The zero-order chi connectivity index (χ0) is 14.7. The molecule has 1 aromatic heterocycles. The maximum absolute atomic E-state index is 12.1. The van der Waals surface area contributed by atoms with Gasteiger partial charge in [-0.2, -0.15) is 16.9 Å². The molecule has 0 saturated carbocycles. The first kappa shape index (κ1) is 14.7. The van der Waals surface area contributed by atoms with E-state index in [2.05, 4.69) is 24.3 Å². The maximum atomic E-state index is 12.1. The second kappa shape index (κ2) is 6.17. The van der Waals surface area contributed by atoms with E-state index in [1.54, 1.807) is 4.90 Å². The quantitative estimate of drug-likeness (QED) is 0.879. The van der Waals surface area contributed by atoms with Crippen LogP contribution < -0.4 is 5.32 Å². The Hall–Kier alpha value is -1.70. The van der Waals surface area contributed by atoms with Crippen molar-refractivity contribution < 1.29 is 14.7 Å². The average molecular weight is 298 g/mol. The van der Waals surface area contributed by atoms with Crippen LogP contribution >= 0.6 is 11.8 Å². The van der Waals surface area contributed by atoms with Gasteiger partial charge in [0.05, 0.1) is 11.9 Å². The third-order valence-corrected chi connectivity index (χ3v) is 4.12. The molecule has 0 radical (unpaired) electrons. The molecule has 2 amide bonds. The molecular weight excluding hydrogens is 280 g/mol. The minimum atomic E-state index is -0.971. The van der Waals surface area contributed by atoms with Gasteiger partial charge in [0.25, 0.3) is 0 Å². The van der Waals surface area contributed by atoms with Gasteiger partial charge in [0.15, 0.2) is 0 Å². The fraction of sp³-hybridized carbons (Fsp3) is 0.583. The topological polar surface area (TPSA) is 87.5 Å². The predicted molar refractivity (Wildman–Crippen MR) is 77.0 cm³/mol.